The Morgan fingerprint density at radius 2 is 2.03 bits per heavy atom. The molecular weight excluding hydrogens is 440 g/mol. The summed E-state index contributed by atoms with van der Waals surface area (Å²) in [4.78, 5) is 10.7. The van der Waals surface area contributed by atoms with Crippen LogP contribution in [0.25, 0.3) is 0 Å². The molecule has 0 aromatic heterocycles. The van der Waals surface area contributed by atoms with Crippen LogP contribution in [0.5, 0.6) is 11.5 Å². The number of nitro groups is 1. The standard InChI is InChI=1S/C20H24N4O7S/c1-2-9-31-16-4-3-15(20(25)12-16)14-21-22-18-6-5-17(13-19(18)24(26)27)32(28,29)23-7-10-30-11-8-23/h3-6,12-14,22,25H,2,7-11H2,1H3. The summed E-state index contributed by atoms with van der Waals surface area (Å²) in [6, 6.07) is 8.28. The minimum Gasteiger partial charge on any atom is -0.507 e. The Morgan fingerprint density at radius 1 is 1.28 bits per heavy atom. The number of rotatable bonds is 9. The van der Waals surface area contributed by atoms with E-state index in [-0.39, 0.29) is 42.6 Å². The van der Waals surface area contributed by atoms with E-state index in [1.54, 1.807) is 12.1 Å². The molecule has 1 aliphatic rings. The normalized spacial score (nSPS) is 15.0. The third-order valence-electron chi connectivity index (χ3n) is 4.64. The summed E-state index contributed by atoms with van der Waals surface area (Å²) >= 11 is 0. The van der Waals surface area contributed by atoms with Crippen molar-refractivity contribution in [2.75, 3.05) is 38.3 Å². The molecule has 0 radical (unpaired) electrons. The molecule has 0 saturated carbocycles. The highest BCUT2D eigenvalue weighted by Gasteiger charge is 2.28. The lowest BCUT2D eigenvalue weighted by Crippen LogP contribution is -2.40. The van der Waals surface area contributed by atoms with Gasteiger partial charge in [-0.05, 0) is 30.7 Å². The molecule has 0 spiro atoms. The first-order chi connectivity index (χ1) is 15.3. The Bertz CT molecular complexity index is 1100. The van der Waals surface area contributed by atoms with Crippen LogP contribution in [-0.2, 0) is 14.8 Å². The van der Waals surface area contributed by atoms with Crippen molar-refractivity contribution in [3.63, 3.8) is 0 Å². The number of nitrogens with zero attached hydrogens (tertiary/aromatic N) is 3. The van der Waals surface area contributed by atoms with Gasteiger partial charge in [0.25, 0.3) is 5.69 Å². The number of aromatic hydroxyl groups is 1. The van der Waals surface area contributed by atoms with Gasteiger partial charge in [-0.2, -0.15) is 9.41 Å². The number of sulfonamides is 1. The molecule has 2 N–H and O–H groups in total. The van der Waals surface area contributed by atoms with Gasteiger partial charge in [-0.25, -0.2) is 8.42 Å². The van der Waals surface area contributed by atoms with Gasteiger partial charge in [0.2, 0.25) is 10.0 Å². The minimum atomic E-state index is -3.88. The Labute approximate surface area is 185 Å². The second kappa shape index (κ2) is 10.4. The second-order valence-corrected chi connectivity index (χ2v) is 8.83. The van der Waals surface area contributed by atoms with Crippen molar-refractivity contribution in [3.05, 3.63) is 52.1 Å². The molecule has 2 aromatic rings. The van der Waals surface area contributed by atoms with Gasteiger partial charge in [-0.3, -0.25) is 15.5 Å². The Morgan fingerprint density at radius 3 is 2.69 bits per heavy atom. The fraction of sp³-hybridized carbons (Fsp3) is 0.350. The van der Waals surface area contributed by atoms with Gasteiger partial charge in [-0.1, -0.05) is 6.92 Å². The Kier molecular flexibility index (Phi) is 7.62. The molecule has 0 aliphatic carbocycles. The SMILES string of the molecule is CCCOc1ccc(C=NNc2ccc(S(=O)(=O)N3CCOCC3)cc2[N+](=O)[O-])c(O)c1. The summed E-state index contributed by atoms with van der Waals surface area (Å²) in [5.74, 6) is 0.452. The number of morpholine rings is 1. The maximum atomic E-state index is 12.8. The van der Waals surface area contributed by atoms with Crippen LogP contribution in [0.3, 0.4) is 0 Å². The van der Waals surface area contributed by atoms with Crippen molar-refractivity contribution in [1.82, 2.24) is 4.31 Å². The average Bonchev–Trinajstić information content (AvgIpc) is 2.79. The first-order valence-electron chi connectivity index (χ1n) is 9.94. The lowest BCUT2D eigenvalue weighted by Gasteiger charge is -2.26. The third kappa shape index (κ3) is 5.52. The first kappa shape index (κ1) is 23.4. The monoisotopic (exact) mass is 464 g/mol. The highest BCUT2D eigenvalue weighted by Crippen LogP contribution is 2.29. The van der Waals surface area contributed by atoms with Gasteiger partial charge in [0.15, 0.2) is 0 Å². The number of hydrogen-bond donors (Lipinski definition) is 2. The van der Waals surface area contributed by atoms with Crippen molar-refractivity contribution in [1.29, 1.82) is 0 Å². The number of benzene rings is 2. The van der Waals surface area contributed by atoms with Crippen LogP contribution in [0.2, 0.25) is 0 Å². The zero-order valence-electron chi connectivity index (χ0n) is 17.4. The van der Waals surface area contributed by atoms with Gasteiger partial charge in [0.05, 0.1) is 35.9 Å². The molecule has 1 aliphatic heterocycles. The van der Waals surface area contributed by atoms with E-state index in [0.29, 0.717) is 17.9 Å². The number of nitro benzene ring substituents is 1. The highest BCUT2D eigenvalue weighted by molar-refractivity contribution is 7.89. The van der Waals surface area contributed by atoms with Crippen LogP contribution in [0.1, 0.15) is 18.9 Å². The molecule has 172 valence electrons. The average molecular weight is 465 g/mol. The van der Waals surface area contributed by atoms with Crippen LogP contribution < -0.4 is 10.2 Å². The van der Waals surface area contributed by atoms with E-state index in [0.717, 1.165) is 12.5 Å². The topological polar surface area (TPSA) is 144 Å². The quantitative estimate of drug-likeness (QED) is 0.327. The zero-order valence-corrected chi connectivity index (χ0v) is 18.2. The summed E-state index contributed by atoms with van der Waals surface area (Å²) in [6.07, 6.45) is 2.13. The predicted octanol–water partition coefficient (Wildman–Crippen LogP) is 2.56. The number of anilines is 1. The molecule has 0 amide bonds. The molecule has 12 heteroatoms. The highest BCUT2D eigenvalue weighted by atomic mass is 32.2. The van der Waals surface area contributed by atoms with Crippen LogP contribution in [-0.4, -0.2) is 61.9 Å². The second-order valence-electron chi connectivity index (χ2n) is 6.89. The lowest BCUT2D eigenvalue weighted by atomic mass is 10.2. The smallest absolute Gasteiger partial charge is 0.295 e. The molecule has 2 aromatic carbocycles. The number of hydrogen-bond acceptors (Lipinski definition) is 9. The van der Waals surface area contributed by atoms with E-state index >= 15 is 0 Å². The molecule has 3 rings (SSSR count). The maximum absolute atomic E-state index is 12.8. The minimum absolute atomic E-state index is 0.00886. The van der Waals surface area contributed by atoms with Gasteiger partial charge < -0.3 is 14.6 Å². The van der Waals surface area contributed by atoms with Crippen molar-refractivity contribution in [3.8, 4) is 11.5 Å². The van der Waals surface area contributed by atoms with Crippen molar-refractivity contribution in [2.45, 2.75) is 18.2 Å². The van der Waals surface area contributed by atoms with Gasteiger partial charge in [-0.15, -0.1) is 0 Å². The summed E-state index contributed by atoms with van der Waals surface area (Å²) in [6.45, 7) is 3.41. The van der Waals surface area contributed by atoms with Crippen LogP contribution >= 0.6 is 0 Å². The van der Waals surface area contributed by atoms with E-state index in [2.05, 4.69) is 10.5 Å². The number of nitrogens with one attached hydrogen (secondary N) is 1. The Hall–Kier alpha value is -3.22. The molecular formula is C20H24N4O7S. The van der Waals surface area contributed by atoms with Gasteiger partial charge in [0, 0.05) is 30.8 Å². The summed E-state index contributed by atoms with van der Waals surface area (Å²) in [5.41, 5.74) is 2.47. The van der Waals surface area contributed by atoms with Crippen molar-refractivity contribution < 1.29 is 27.9 Å². The van der Waals surface area contributed by atoms with Crippen LogP contribution in [0.4, 0.5) is 11.4 Å². The van der Waals surface area contributed by atoms with Crippen molar-refractivity contribution >= 4 is 27.6 Å². The van der Waals surface area contributed by atoms with E-state index in [4.69, 9.17) is 9.47 Å². The zero-order chi connectivity index (χ0) is 23.1. The summed E-state index contributed by atoms with van der Waals surface area (Å²) in [5, 5.41) is 25.5. The number of phenols is 1. The molecule has 1 heterocycles. The maximum Gasteiger partial charge on any atom is 0.295 e. The van der Waals surface area contributed by atoms with Gasteiger partial charge in [0.1, 0.15) is 17.2 Å². The van der Waals surface area contributed by atoms with Crippen LogP contribution in [0.15, 0.2) is 46.4 Å². The number of ether oxygens (including phenoxy) is 2. The summed E-state index contributed by atoms with van der Waals surface area (Å²) < 4.78 is 37.4. The van der Waals surface area contributed by atoms with E-state index in [9.17, 15) is 23.6 Å². The van der Waals surface area contributed by atoms with E-state index < -0.39 is 20.6 Å². The molecule has 0 bridgehead atoms. The van der Waals surface area contributed by atoms with Gasteiger partial charge >= 0.3 is 0 Å². The molecule has 0 unspecified atom stereocenters. The fourth-order valence-corrected chi connectivity index (χ4v) is 4.40. The summed E-state index contributed by atoms with van der Waals surface area (Å²) in [7, 11) is -3.88. The number of hydrazone groups is 1. The molecule has 1 saturated heterocycles. The molecule has 11 nitrogen and oxygen atoms in total. The van der Waals surface area contributed by atoms with Crippen molar-refractivity contribution in [2.24, 2.45) is 5.10 Å². The molecule has 1 fully saturated rings. The van der Waals surface area contributed by atoms with E-state index in [1.807, 2.05) is 6.92 Å². The first-order valence-corrected chi connectivity index (χ1v) is 11.4. The fourth-order valence-electron chi connectivity index (χ4n) is 2.97. The third-order valence-corrected chi connectivity index (χ3v) is 6.53. The predicted molar refractivity (Wildman–Crippen MR) is 118 cm³/mol. The molecule has 0 atom stereocenters. The van der Waals surface area contributed by atoms with Crippen LogP contribution in [0, 0.1) is 10.1 Å². The largest absolute Gasteiger partial charge is 0.507 e. The number of phenolic OH excluding ortho intramolecular Hbond substituents is 1. The lowest BCUT2D eigenvalue weighted by molar-refractivity contribution is -0.384. The molecule has 32 heavy (non-hydrogen) atoms. The van der Waals surface area contributed by atoms with E-state index in [1.165, 1.54) is 28.7 Å². The Balaban J connectivity index is 1.77.